The predicted molar refractivity (Wildman–Crippen MR) is 68.2 cm³/mol. The van der Waals surface area contributed by atoms with E-state index in [9.17, 15) is 0 Å². The van der Waals surface area contributed by atoms with Gasteiger partial charge in [0, 0.05) is 18.9 Å². The van der Waals surface area contributed by atoms with Crippen LogP contribution in [0.2, 0.25) is 0 Å². The lowest BCUT2D eigenvalue weighted by atomic mass is 10.1. The number of hydrogen-bond donors (Lipinski definition) is 1. The third kappa shape index (κ3) is 2.79. The Morgan fingerprint density at radius 2 is 2.12 bits per heavy atom. The maximum atomic E-state index is 4.15. The molecule has 4 heteroatoms. The molecule has 0 aliphatic heterocycles. The zero-order chi connectivity index (χ0) is 11.4. The summed E-state index contributed by atoms with van der Waals surface area (Å²) in [7, 11) is 0. The SMILES string of the molecule is Cc1ccncc1CNc1ccc(Br)nc1. The molecule has 0 atom stereocenters. The molecular weight excluding hydrogens is 266 g/mol. The van der Waals surface area contributed by atoms with E-state index in [-0.39, 0.29) is 0 Å². The van der Waals surface area contributed by atoms with E-state index < -0.39 is 0 Å². The molecule has 0 saturated heterocycles. The first-order valence-corrected chi connectivity index (χ1v) is 5.80. The largest absolute Gasteiger partial charge is 0.380 e. The summed E-state index contributed by atoms with van der Waals surface area (Å²) in [6, 6.07) is 5.91. The van der Waals surface area contributed by atoms with Crippen LogP contribution in [0.15, 0.2) is 41.4 Å². The van der Waals surface area contributed by atoms with Gasteiger partial charge in [0.25, 0.3) is 0 Å². The Labute approximate surface area is 103 Å². The molecule has 0 aromatic carbocycles. The Hall–Kier alpha value is -1.42. The van der Waals surface area contributed by atoms with Crippen molar-refractivity contribution in [2.24, 2.45) is 0 Å². The van der Waals surface area contributed by atoms with Crippen LogP contribution in [0.5, 0.6) is 0 Å². The van der Waals surface area contributed by atoms with E-state index in [1.807, 2.05) is 24.4 Å². The van der Waals surface area contributed by atoms with E-state index in [0.29, 0.717) is 0 Å². The normalized spacial score (nSPS) is 10.1. The van der Waals surface area contributed by atoms with E-state index in [4.69, 9.17) is 0 Å². The fourth-order valence-electron chi connectivity index (χ4n) is 1.36. The summed E-state index contributed by atoms with van der Waals surface area (Å²) in [5.41, 5.74) is 3.45. The van der Waals surface area contributed by atoms with Gasteiger partial charge in [-0.2, -0.15) is 0 Å². The topological polar surface area (TPSA) is 37.8 Å². The zero-order valence-corrected chi connectivity index (χ0v) is 10.5. The highest BCUT2D eigenvalue weighted by atomic mass is 79.9. The molecule has 0 radical (unpaired) electrons. The highest BCUT2D eigenvalue weighted by Crippen LogP contribution is 2.12. The van der Waals surface area contributed by atoms with Crippen LogP contribution in [-0.4, -0.2) is 9.97 Å². The van der Waals surface area contributed by atoms with Crippen LogP contribution in [0.3, 0.4) is 0 Å². The molecule has 0 fully saturated rings. The van der Waals surface area contributed by atoms with Gasteiger partial charge in [-0.15, -0.1) is 0 Å². The number of halogens is 1. The van der Waals surface area contributed by atoms with Crippen LogP contribution in [0, 0.1) is 6.92 Å². The van der Waals surface area contributed by atoms with E-state index in [1.165, 1.54) is 11.1 Å². The summed E-state index contributed by atoms with van der Waals surface area (Å²) in [4.78, 5) is 8.26. The number of aryl methyl sites for hydroxylation is 1. The molecule has 2 aromatic rings. The second-order valence-corrected chi connectivity index (χ2v) is 4.34. The number of nitrogens with zero attached hydrogens (tertiary/aromatic N) is 2. The maximum Gasteiger partial charge on any atom is 0.106 e. The van der Waals surface area contributed by atoms with Crippen molar-refractivity contribution >= 4 is 21.6 Å². The molecule has 2 aromatic heterocycles. The van der Waals surface area contributed by atoms with Crippen LogP contribution in [0.1, 0.15) is 11.1 Å². The van der Waals surface area contributed by atoms with Gasteiger partial charge in [0.05, 0.1) is 11.9 Å². The number of nitrogens with one attached hydrogen (secondary N) is 1. The van der Waals surface area contributed by atoms with E-state index in [2.05, 4.69) is 38.1 Å². The highest BCUT2D eigenvalue weighted by Gasteiger charge is 1.98. The highest BCUT2D eigenvalue weighted by molar-refractivity contribution is 9.10. The fourth-order valence-corrected chi connectivity index (χ4v) is 1.59. The molecule has 2 heterocycles. The van der Waals surface area contributed by atoms with Crippen LogP contribution in [0.25, 0.3) is 0 Å². The molecule has 3 nitrogen and oxygen atoms in total. The molecular formula is C12H12BrN3. The third-order valence-electron chi connectivity index (χ3n) is 2.36. The number of aromatic nitrogens is 2. The smallest absolute Gasteiger partial charge is 0.106 e. The van der Waals surface area contributed by atoms with Gasteiger partial charge in [-0.1, -0.05) is 0 Å². The number of pyridine rings is 2. The quantitative estimate of drug-likeness (QED) is 0.876. The Bertz CT molecular complexity index is 468. The second kappa shape index (κ2) is 5.07. The van der Waals surface area contributed by atoms with Gasteiger partial charge in [-0.05, 0) is 52.2 Å². The van der Waals surface area contributed by atoms with Gasteiger partial charge >= 0.3 is 0 Å². The van der Waals surface area contributed by atoms with Crippen molar-refractivity contribution < 1.29 is 0 Å². The van der Waals surface area contributed by atoms with Gasteiger partial charge in [0.2, 0.25) is 0 Å². The van der Waals surface area contributed by atoms with Crippen LogP contribution in [-0.2, 0) is 6.54 Å². The van der Waals surface area contributed by atoms with E-state index in [0.717, 1.165) is 16.8 Å². The first kappa shape index (κ1) is 11.1. The minimum atomic E-state index is 0.767. The standard InChI is InChI=1S/C12H12BrN3/c1-9-4-5-14-6-10(9)7-15-11-2-3-12(13)16-8-11/h2-6,8,15H,7H2,1H3. The molecule has 0 unspecified atom stereocenters. The summed E-state index contributed by atoms with van der Waals surface area (Å²) in [5.74, 6) is 0. The van der Waals surface area contributed by atoms with Crippen LogP contribution >= 0.6 is 15.9 Å². The Kier molecular flexibility index (Phi) is 3.51. The average molecular weight is 278 g/mol. The van der Waals surface area contributed by atoms with E-state index >= 15 is 0 Å². The van der Waals surface area contributed by atoms with Gasteiger partial charge in [0.1, 0.15) is 4.60 Å². The minimum Gasteiger partial charge on any atom is -0.380 e. The molecule has 0 aliphatic carbocycles. The summed E-state index contributed by atoms with van der Waals surface area (Å²) in [6.45, 7) is 2.85. The summed E-state index contributed by atoms with van der Waals surface area (Å²) in [5, 5.41) is 3.31. The molecule has 1 N–H and O–H groups in total. The molecule has 0 spiro atoms. The summed E-state index contributed by atoms with van der Waals surface area (Å²) < 4.78 is 0.843. The Morgan fingerprint density at radius 3 is 2.81 bits per heavy atom. The van der Waals surface area contributed by atoms with Gasteiger partial charge in [-0.3, -0.25) is 4.98 Å². The molecule has 0 saturated carbocycles. The molecule has 16 heavy (non-hydrogen) atoms. The van der Waals surface area contributed by atoms with Crippen molar-refractivity contribution in [2.45, 2.75) is 13.5 Å². The number of rotatable bonds is 3. The molecule has 82 valence electrons. The van der Waals surface area contributed by atoms with Crippen molar-refractivity contribution in [3.8, 4) is 0 Å². The lowest BCUT2D eigenvalue weighted by Crippen LogP contribution is -2.01. The van der Waals surface area contributed by atoms with Crippen molar-refractivity contribution in [3.63, 3.8) is 0 Å². The van der Waals surface area contributed by atoms with Crippen molar-refractivity contribution in [1.29, 1.82) is 0 Å². The fraction of sp³-hybridized carbons (Fsp3) is 0.167. The number of hydrogen-bond acceptors (Lipinski definition) is 3. The molecule has 0 aliphatic rings. The molecule has 2 rings (SSSR count). The van der Waals surface area contributed by atoms with Gasteiger partial charge in [0.15, 0.2) is 0 Å². The summed E-state index contributed by atoms with van der Waals surface area (Å²) >= 11 is 3.30. The maximum absolute atomic E-state index is 4.15. The first-order valence-electron chi connectivity index (χ1n) is 5.00. The van der Waals surface area contributed by atoms with Gasteiger partial charge in [-0.25, -0.2) is 4.98 Å². The molecule has 0 bridgehead atoms. The molecule has 0 amide bonds. The van der Waals surface area contributed by atoms with Crippen molar-refractivity contribution in [2.75, 3.05) is 5.32 Å². The third-order valence-corrected chi connectivity index (χ3v) is 2.83. The lowest BCUT2D eigenvalue weighted by Gasteiger charge is -2.07. The zero-order valence-electron chi connectivity index (χ0n) is 8.94. The predicted octanol–water partition coefficient (Wildman–Crippen LogP) is 3.16. The van der Waals surface area contributed by atoms with Crippen LogP contribution in [0.4, 0.5) is 5.69 Å². The Balaban J connectivity index is 2.02. The minimum absolute atomic E-state index is 0.767. The number of anilines is 1. The summed E-state index contributed by atoms with van der Waals surface area (Å²) in [6.07, 6.45) is 5.49. The first-order chi connectivity index (χ1) is 7.75. The Morgan fingerprint density at radius 1 is 1.25 bits per heavy atom. The van der Waals surface area contributed by atoms with Gasteiger partial charge < -0.3 is 5.32 Å². The lowest BCUT2D eigenvalue weighted by molar-refractivity contribution is 1.07. The van der Waals surface area contributed by atoms with Crippen molar-refractivity contribution in [3.05, 3.63) is 52.5 Å². The van der Waals surface area contributed by atoms with E-state index in [1.54, 1.807) is 12.4 Å². The monoisotopic (exact) mass is 277 g/mol. The van der Waals surface area contributed by atoms with Crippen molar-refractivity contribution in [1.82, 2.24) is 9.97 Å². The van der Waals surface area contributed by atoms with Crippen LogP contribution < -0.4 is 5.32 Å². The second-order valence-electron chi connectivity index (χ2n) is 3.53. The average Bonchev–Trinajstić information content (AvgIpc) is 2.30.